The van der Waals surface area contributed by atoms with E-state index in [0.717, 1.165) is 5.69 Å². The lowest BCUT2D eigenvalue weighted by Gasteiger charge is -2.07. The summed E-state index contributed by atoms with van der Waals surface area (Å²) in [4.78, 5) is 10.6. The lowest BCUT2D eigenvalue weighted by atomic mass is 10.2. The Hall–Kier alpha value is -2.16. The van der Waals surface area contributed by atoms with Crippen LogP contribution in [-0.2, 0) is 0 Å². The monoisotopic (exact) mass is 215 g/mol. The van der Waals surface area contributed by atoms with E-state index >= 15 is 0 Å². The van der Waals surface area contributed by atoms with E-state index in [9.17, 15) is 9.18 Å². The van der Waals surface area contributed by atoms with Gasteiger partial charge in [-0.1, -0.05) is 18.2 Å². The first-order valence-electron chi connectivity index (χ1n) is 4.86. The fraction of sp³-hybridized carbons (Fsp3) is 0. The molecule has 0 atom stereocenters. The fourth-order valence-electron chi connectivity index (χ4n) is 1.39. The Bertz CT molecular complexity index is 497. The highest BCUT2D eigenvalue weighted by molar-refractivity contribution is 5.78. The highest BCUT2D eigenvalue weighted by atomic mass is 19.1. The number of aldehydes is 1. The third-order valence-corrected chi connectivity index (χ3v) is 2.18. The van der Waals surface area contributed by atoms with Gasteiger partial charge in [-0.25, -0.2) is 4.39 Å². The molecule has 0 unspecified atom stereocenters. The molecule has 80 valence electrons. The van der Waals surface area contributed by atoms with Crippen molar-refractivity contribution < 1.29 is 9.18 Å². The zero-order chi connectivity index (χ0) is 11.4. The van der Waals surface area contributed by atoms with E-state index in [-0.39, 0.29) is 5.82 Å². The number of rotatable bonds is 3. The van der Waals surface area contributed by atoms with Crippen molar-refractivity contribution >= 4 is 17.7 Å². The van der Waals surface area contributed by atoms with Crippen LogP contribution in [0.5, 0.6) is 0 Å². The zero-order valence-electron chi connectivity index (χ0n) is 8.48. The van der Waals surface area contributed by atoms with Crippen molar-refractivity contribution in [3.05, 3.63) is 59.9 Å². The van der Waals surface area contributed by atoms with Crippen LogP contribution in [-0.4, -0.2) is 6.29 Å². The Kier molecular flexibility index (Phi) is 2.96. The first-order chi connectivity index (χ1) is 7.79. The average molecular weight is 215 g/mol. The van der Waals surface area contributed by atoms with Gasteiger partial charge >= 0.3 is 0 Å². The molecule has 0 spiro atoms. The van der Waals surface area contributed by atoms with Crippen LogP contribution >= 0.6 is 0 Å². The molecule has 0 fully saturated rings. The van der Waals surface area contributed by atoms with E-state index in [1.165, 1.54) is 18.2 Å². The number of carbonyl (C=O) groups is 1. The van der Waals surface area contributed by atoms with E-state index in [0.29, 0.717) is 17.5 Å². The molecule has 0 amide bonds. The van der Waals surface area contributed by atoms with Gasteiger partial charge in [-0.2, -0.15) is 0 Å². The molecule has 0 saturated carbocycles. The van der Waals surface area contributed by atoms with Crippen molar-refractivity contribution in [3.8, 4) is 0 Å². The number of anilines is 2. The molecule has 2 rings (SSSR count). The third-order valence-electron chi connectivity index (χ3n) is 2.18. The summed E-state index contributed by atoms with van der Waals surface area (Å²) in [5, 5.41) is 2.91. The smallest absolute Gasteiger partial charge is 0.150 e. The number of hydrogen-bond donors (Lipinski definition) is 1. The van der Waals surface area contributed by atoms with Crippen molar-refractivity contribution in [2.45, 2.75) is 0 Å². The van der Waals surface area contributed by atoms with Crippen molar-refractivity contribution in [2.75, 3.05) is 5.32 Å². The van der Waals surface area contributed by atoms with E-state index < -0.39 is 0 Å². The van der Waals surface area contributed by atoms with Gasteiger partial charge in [-0.15, -0.1) is 0 Å². The third kappa shape index (κ3) is 2.25. The van der Waals surface area contributed by atoms with Crippen LogP contribution in [0.25, 0.3) is 0 Å². The van der Waals surface area contributed by atoms with Gasteiger partial charge in [0.05, 0.1) is 5.69 Å². The summed E-state index contributed by atoms with van der Waals surface area (Å²) in [6, 6.07) is 13.4. The highest BCUT2D eigenvalue weighted by Gasteiger charge is 2.03. The van der Waals surface area contributed by atoms with E-state index in [2.05, 4.69) is 5.32 Å². The average Bonchev–Trinajstić information content (AvgIpc) is 2.33. The molecule has 0 aliphatic carbocycles. The topological polar surface area (TPSA) is 29.1 Å². The summed E-state index contributed by atoms with van der Waals surface area (Å²) in [5.74, 6) is -0.380. The molecule has 2 nitrogen and oxygen atoms in total. The second-order valence-electron chi connectivity index (χ2n) is 3.35. The molecule has 2 aromatic rings. The first kappa shape index (κ1) is 10.4. The number of carbonyl (C=O) groups excluding carboxylic acids is 1. The van der Waals surface area contributed by atoms with Crippen LogP contribution < -0.4 is 5.32 Å². The van der Waals surface area contributed by atoms with Crippen molar-refractivity contribution in [1.29, 1.82) is 0 Å². The maximum absolute atomic E-state index is 13.4. The molecule has 0 saturated heterocycles. The van der Waals surface area contributed by atoms with Crippen LogP contribution in [0, 0.1) is 5.82 Å². The van der Waals surface area contributed by atoms with Crippen LogP contribution in [0.3, 0.4) is 0 Å². The van der Waals surface area contributed by atoms with Crippen molar-refractivity contribution in [2.24, 2.45) is 0 Å². The molecule has 0 radical (unpaired) electrons. The molecule has 3 heteroatoms. The minimum absolute atomic E-state index is 0.302. The lowest BCUT2D eigenvalue weighted by Crippen LogP contribution is -1.94. The molecule has 0 aromatic heterocycles. The molecule has 1 N–H and O–H groups in total. The maximum atomic E-state index is 13.4. The van der Waals surface area contributed by atoms with E-state index in [4.69, 9.17) is 0 Å². The standard InChI is InChI=1S/C13H10FNO/c14-12-7-6-10(9-16)8-13(12)15-11-4-2-1-3-5-11/h1-9,15H. The minimum Gasteiger partial charge on any atom is -0.353 e. The summed E-state index contributed by atoms with van der Waals surface area (Å²) >= 11 is 0. The number of hydrogen-bond acceptors (Lipinski definition) is 2. The fourth-order valence-corrected chi connectivity index (χ4v) is 1.39. The summed E-state index contributed by atoms with van der Waals surface area (Å²) < 4.78 is 13.4. The highest BCUT2D eigenvalue weighted by Crippen LogP contribution is 2.20. The van der Waals surface area contributed by atoms with Gasteiger partial charge in [0.2, 0.25) is 0 Å². The Labute approximate surface area is 92.7 Å². The Morgan fingerprint density at radius 1 is 1.06 bits per heavy atom. The number of halogens is 1. The normalized spacial score (nSPS) is 9.81. The molecule has 16 heavy (non-hydrogen) atoms. The van der Waals surface area contributed by atoms with Gasteiger partial charge in [0.15, 0.2) is 0 Å². The predicted molar refractivity (Wildman–Crippen MR) is 61.5 cm³/mol. The van der Waals surface area contributed by atoms with Crippen molar-refractivity contribution in [3.63, 3.8) is 0 Å². The summed E-state index contributed by atoms with van der Waals surface area (Å²) in [5.41, 5.74) is 1.53. The second-order valence-corrected chi connectivity index (χ2v) is 3.35. The quantitative estimate of drug-likeness (QED) is 0.795. The molecule has 2 aromatic carbocycles. The molecular weight excluding hydrogens is 205 g/mol. The van der Waals surface area contributed by atoms with Crippen LogP contribution in [0.1, 0.15) is 10.4 Å². The number of nitrogens with one attached hydrogen (secondary N) is 1. The predicted octanol–water partition coefficient (Wildman–Crippen LogP) is 3.38. The summed E-state index contributed by atoms with van der Waals surface area (Å²) in [6.45, 7) is 0. The SMILES string of the molecule is O=Cc1ccc(F)c(Nc2ccccc2)c1. The van der Waals surface area contributed by atoms with Crippen LogP contribution in [0.4, 0.5) is 15.8 Å². The van der Waals surface area contributed by atoms with E-state index in [1.54, 1.807) is 0 Å². The summed E-state index contributed by atoms with van der Waals surface area (Å²) in [6.07, 6.45) is 0.690. The van der Waals surface area contributed by atoms with Crippen LogP contribution in [0.2, 0.25) is 0 Å². The Morgan fingerprint density at radius 3 is 2.50 bits per heavy atom. The Balaban J connectivity index is 2.30. The Morgan fingerprint density at radius 2 is 1.81 bits per heavy atom. The lowest BCUT2D eigenvalue weighted by molar-refractivity contribution is 0.112. The van der Waals surface area contributed by atoms with Gasteiger partial charge in [0.25, 0.3) is 0 Å². The largest absolute Gasteiger partial charge is 0.353 e. The minimum atomic E-state index is -0.380. The molecule has 0 aliphatic rings. The number of benzene rings is 2. The molecular formula is C13H10FNO. The van der Waals surface area contributed by atoms with Crippen molar-refractivity contribution in [1.82, 2.24) is 0 Å². The second kappa shape index (κ2) is 4.57. The van der Waals surface area contributed by atoms with Gasteiger partial charge in [-0.3, -0.25) is 4.79 Å². The van der Waals surface area contributed by atoms with Gasteiger partial charge in [-0.05, 0) is 30.3 Å². The zero-order valence-corrected chi connectivity index (χ0v) is 8.48. The first-order valence-corrected chi connectivity index (χ1v) is 4.86. The molecule has 0 heterocycles. The molecule has 0 bridgehead atoms. The summed E-state index contributed by atoms with van der Waals surface area (Å²) in [7, 11) is 0. The van der Waals surface area contributed by atoms with Gasteiger partial charge in [0, 0.05) is 11.3 Å². The maximum Gasteiger partial charge on any atom is 0.150 e. The molecule has 0 aliphatic heterocycles. The van der Waals surface area contributed by atoms with Crippen LogP contribution in [0.15, 0.2) is 48.5 Å². The van der Waals surface area contributed by atoms with Gasteiger partial charge in [0.1, 0.15) is 12.1 Å². The van der Waals surface area contributed by atoms with E-state index in [1.807, 2.05) is 30.3 Å². The number of para-hydroxylation sites is 1. The van der Waals surface area contributed by atoms with Gasteiger partial charge < -0.3 is 5.32 Å².